The number of benzene rings is 2. The number of H-pyrrole nitrogens is 1. The minimum absolute atomic E-state index is 0.154. The first-order chi connectivity index (χ1) is 19.1. The Morgan fingerprint density at radius 1 is 1.05 bits per heavy atom. The number of rotatable bonds is 6. The zero-order chi connectivity index (χ0) is 26.8. The molecule has 2 saturated heterocycles. The van der Waals surface area contributed by atoms with E-state index in [9.17, 15) is 14.0 Å². The van der Waals surface area contributed by atoms with Crippen LogP contribution in [-0.4, -0.2) is 78.5 Å². The van der Waals surface area contributed by atoms with Crippen molar-refractivity contribution in [2.75, 3.05) is 44.3 Å². The van der Waals surface area contributed by atoms with E-state index in [0.29, 0.717) is 59.9 Å². The van der Waals surface area contributed by atoms with Crippen LogP contribution in [0.25, 0.3) is 33.8 Å². The highest BCUT2D eigenvalue weighted by Crippen LogP contribution is 2.32. The average Bonchev–Trinajstić information content (AvgIpc) is 3.43. The fourth-order valence-corrected chi connectivity index (χ4v) is 5.49. The van der Waals surface area contributed by atoms with Crippen molar-refractivity contribution in [2.24, 2.45) is 0 Å². The lowest BCUT2D eigenvalue weighted by atomic mass is 10.1. The van der Waals surface area contributed by atoms with E-state index in [1.54, 1.807) is 12.1 Å². The number of nitrogens with zero attached hydrogens (tertiary/aromatic N) is 6. The van der Waals surface area contributed by atoms with Crippen molar-refractivity contribution in [3.63, 3.8) is 0 Å². The van der Waals surface area contributed by atoms with Gasteiger partial charge in [0.2, 0.25) is 0 Å². The standard InChI is InChI=1S/C27H27N7O4S/c28-16-20-15-19(3-6-23(20)38-22-7-9-34(10-8-22)39(35)36)24-25-27(30-17-29-24)32-26(31-25)18-1-4-21(5-2-18)33-11-13-37-14-12-33/h1-6,15,17,22H,7-14H2,(H,35,36)(H,29,30,31,32)/p-1. The summed E-state index contributed by atoms with van der Waals surface area (Å²) in [6.07, 6.45) is 2.45. The number of imidazole rings is 1. The van der Waals surface area contributed by atoms with Gasteiger partial charge in [-0.1, -0.05) is 0 Å². The average molecular weight is 545 g/mol. The number of anilines is 1. The molecule has 4 heterocycles. The van der Waals surface area contributed by atoms with E-state index in [2.05, 4.69) is 43.0 Å². The number of aromatic nitrogens is 4. The third-order valence-electron chi connectivity index (χ3n) is 7.08. The van der Waals surface area contributed by atoms with Gasteiger partial charge in [-0.15, -0.1) is 0 Å². The minimum Gasteiger partial charge on any atom is -0.760 e. The fourth-order valence-electron chi connectivity index (χ4n) is 4.98. The van der Waals surface area contributed by atoms with Crippen LogP contribution in [0.15, 0.2) is 48.8 Å². The Bertz CT molecular complexity index is 1540. The SMILES string of the molecule is N#Cc1cc(-c2ncnc3nc(-c4ccc(N5CCOCC5)cc4)[nH]c23)ccc1OC1CCN(S(=O)[O-])CC1. The highest BCUT2D eigenvalue weighted by Gasteiger charge is 2.22. The molecule has 200 valence electrons. The number of morpholine rings is 1. The van der Waals surface area contributed by atoms with Gasteiger partial charge in [-0.05, 0) is 55.3 Å². The second-order valence-corrected chi connectivity index (χ2v) is 10.4. The van der Waals surface area contributed by atoms with Crippen LogP contribution in [0.4, 0.5) is 5.69 Å². The number of nitriles is 1. The van der Waals surface area contributed by atoms with Gasteiger partial charge in [-0.2, -0.15) is 5.26 Å². The van der Waals surface area contributed by atoms with Gasteiger partial charge in [0.05, 0.1) is 24.5 Å². The highest BCUT2D eigenvalue weighted by atomic mass is 32.2. The summed E-state index contributed by atoms with van der Waals surface area (Å²) >= 11 is -2.22. The van der Waals surface area contributed by atoms with Crippen LogP contribution in [0.3, 0.4) is 0 Å². The van der Waals surface area contributed by atoms with Crippen molar-refractivity contribution >= 4 is 28.1 Å². The first-order valence-electron chi connectivity index (χ1n) is 12.8. The number of piperidine rings is 1. The third-order valence-corrected chi connectivity index (χ3v) is 7.87. The molecule has 2 aliphatic rings. The van der Waals surface area contributed by atoms with E-state index >= 15 is 0 Å². The van der Waals surface area contributed by atoms with E-state index in [-0.39, 0.29) is 6.10 Å². The van der Waals surface area contributed by atoms with Crippen molar-refractivity contribution in [3.05, 3.63) is 54.4 Å². The van der Waals surface area contributed by atoms with Crippen LogP contribution >= 0.6 is 0 Å². The largest absolute Gasteiger partial charge is 0.760 e. The molecule has 1 N–H and O–H groups in total. The number of hydrogen-bond donors (Lipinski definition) is 1. The van der Waals surface area contributed by atoms with Crippen LogP contribution in [0.5, 0.6) is 5.75 Å². The van der Waals surface area contributed by atoms with Crippen LogP contribution < -0.4 is 9.64 Å². The second-order valence-electron chi connectivity index (χ2n) is 9.44. The third kappa shape index (κ3) is 5.35. The summed E-state index contributed by atoms with van der Waals surface area (Å²) in [7, 11) is 0. The maximum atomic E-state index is 11.2. The topological polar surface area (TPSA) is 143 Å². The van der Waals surface area contributed by atoms with Crippen molar-refractivity contribution < 1.29 is 18.2 Å². The number of nitrogens with one attached hydrogen (secondary N) is 1. The van der Waals surface area contributed by atoms with Crippen molar-refractivity contribution in [3.8, 4) is 34.5 Å². The molecule has 12 heteroatoms. The summed E-state index contributed by atoms with van der Waals surface area (Å²) < 4.78 is 35.2. The predicted octanol–water partition coefficient (Wildman–Crippen LogP) is 3.03. The fraction of sp³-hybridized carbons (Fsp3) is 0.333. The first kappa shape index (κ1) is 25.4. The van der Waals surface area contributed by atoms with E-state index in [0.717, 1.165) is 43.1 Å². The van der Waals surface area contributed by atoms with E-state index in [4.69, 9.17) is 9.47 Å². The zero-order valence-electron chi connectivity index (χ0n) is 21.1. The van der Waals surface area contributed by atoms with Gasteiger partial charge in [-0.3, -0.25) is 4.21 Å². The number of ether oxygens (including phenoxy) is 2. The molecule has 11 nitrogen and oxygen atoms in total. The molecule has 0 amide bonds. The Hall–Kier alpha value is -3.89. The highest BCUT2D eigenvalue weighted by molar-refractivity contribution is 7.76. The molecule has 2 aromatic carbocycles. The van der Waals surface area contributed by atoms with Gasteiger partial charge in [0.15, 0.2) is 5.65 Å². The van der Waals surface area contributed by atoms with Gasteiger partial charge < -0.3 is 23.9 Å². The molecular weight excluding hydrogens is 518 g/mol. The second kappa shape index (κ2) is 11.1. The van der Waals surface area contributed by atoms with Crippen molar-refractivity contribution in [2.45, 2.75) is 18.9 Å². The van der Waals surface area contributed by atoms with Gasteiger partial charge in [0.1, 0.15) is 35.6 Å². The molecule has 0 aliphatic carbocycles. The maximum absolute atomic E-state index is 11.2. The lowest BCUT2D eigenvalue weighted by molar-refractivity contribution is 0.122. The molecule has 0 spiro atoms. The summed E-state index contributed by atoms with van der Waals surface area (Å²) in [6.45, 7) is 4.02. The van der Waals surface area contributed by atoms with E-state index < -0.39 is 11.3 Å². The molecule has 0 radical (unpaired) electrons. The van der Waals surface area contributed by atoms with Gasteiger partial charge in [0, 0.05) is 54.3 Å². The summed E-state index contributed by atoms with van der Waals surface area (Å²) in [5, 5.41) is 9.83. The molecule has 1 unspecified atom stereocenters. The molecule has 1 atom stereocenters. The molecule has 6 rings (SSSR count). The van der Waals surface area contributed by atoms with E-state index in [1.807, 2.05) is 18.2 Å². The molecule has 0 saturated carbocycles. The Morgan fingerprint density at radius 2 is 1.79 bits per heavy atom. The lowest BCUT2D eigenvalue weighted by Crippen LogP contribution is -2.39. The summed E-state index contributed by atoms with van der Waals surface area (Å²) in [5.41, 5.74) is 5.06. The maximum Gasteiger partial charge on any atom is 0.181 e. The number of hydrogen-bond acceptors (Lipinski definition) is 9. The Labute approximate surface area is 227 Å². The predicted molar refractivity (Wildman–Crippen MR) is 144 cm³/mol. The number of aromatic amines is 1. The van der Waals surface area contributed by atoms with Crippen LogP contribution in [0.1, 0.15) is 18.4 Å². The van der Waals surface area contributed by atoms with Crippen molar-refractivity contribution in [1.29, 1.82) is 5.26 Å². The summed E-state index contributed by atoms with van der Waals surface area (Å²) in [6, 6.07) is 15.8. The number of fused-ring (bicyclic) bond motifs is 1. The van der Waals surface area contributed by atoms with Crippen molar-refractivity contribution in [1.82, 2.24) is 24.2 Å². The van der Waals surface area contributed by atoms with Gasteiger partial charge in [-0.25, -0.2) is 19.3 Å². The Kier molecular flexibility index (Phi) is 7.21. The Morgan fingerprint density at radius 3 is 2.51 bits per heavy atom. The molecule has 4 aromatic rings. The molecular formula is C27H26N7O4S-. The van der Waals surface area contributed by atoms with Crippen LogP contribution in [0.2, 0.25) is 0 Å². The summed E-state index contributed by atoms with van der Waals surface area (Å²) in [4.78, 5) is 19.2. The molecule has 0 bridgehead atoms. The van der Waals surface area contributed by atoms with Gasteiger partial charge in [0.25, 0.3) is 0 Å². The minimum atomic E-state index is -2.22. The molecule has 2 aromatic heterocycles. The van der Waals surface area contributed by atoms with E-state index in [1.165, 1.54) is 10.6 Å². The zero-order valence-corrected chi connectivity index (χ0v) is 21.9. The monoisotopic (exact) mass is 544 g/mol. The molecule has 39 heavy (non-hydrogen) atoms. The lowest BCUT2D eigenvalue weighted by Gasteiger charge is -2.32. The first-order valence-corrected chi connectivity index (χ1v) is 13.8. The van der Waals surface area contributed by atoms with Crippen LogP contribution in [0, 0.1) is 11.3 Å². The smallest absolute Gasteiger partial charge is 0.181 e. The normalized spacial score (nSPS) is 17.7. The van der Waals surface area contributed by atoms with Gasteiger partial charge >= 0.3 is 0 Å². The summed E-state index contributed by atoms with van der Waals surface area (Å²) in [5.74, 6) is 1.16. The quantitative estimate of drug-likeness (QED) is 0.362. The van der Waals surface area contributed by atoms with Crippen LogP contribution in [-0.2, 0) is 16.0 Å². The molecule has 2 aliphatic heterocycles. The molecule has 2 fully saturated rings. The Balaban J connectivity index is 1.24.